The molecule has 0 bridgehead atoms. The van der Waals surface area contributed by atoms with Crippen LogP contribution in [0, 0.1) is 5.92 Å². The molecule has 1 N–H and O–H groups in total. The molecule has 1 saturated carbocycles. The molecule has 1 aliphatic carbocycles. The van der Waals surface area contributed by atoms with Gasteiger partial charge in [0.1, 0.15) is 5.75 Å². The molecule has 1 atom stereocenters. The van der Waals surface area contributed by atoms with E-state index >= 15 is 0 Å². The molecule has 4 heteroatoms. The van der Waals surface area contributed by atoms with Crippen LogP contribution in [0.5, 0.6) is 5.75 Å². The average molecular weight is 275 g/mol. The Balaban J connectivity index is 1.65. The number of benzene rings is 1. The van der Waals surface area contributed by atoms with Crippen LogP contribution in [0.25, 0.3) is 0 Å². The third kappa shape index (κ3) is 3.32. The molecule has 0 spiro atoms. The van der Waals surface area contributed by atoms with Gasteiger partial charge in [0.25, 0.3) is 0 Å². The molecule has 0 amide bonds. The van der Waals surface area contributed by atoms with Gasteiger partial charge < -0.3 is 9.64 Å². The van der Waals surface area contributed by atoms with Crippen LogP contribution in [-0.4, -0.2) is 50.2 Å². The summed E-state index contributed by atoms with van der Waals surface area (Å²) in [6, 6.07) is 8.99. The lowest BCUT2D eigenvalue weighted by Gasteiger charge is -2.35. The third-order valence-electron chi connectivity index (χ3n) is 4.39. The maximum Gasteiger partial charge on any atom is 0.118 e. The number of ether oxygens (including phenoxy) is 1. The molecule has 1 saturated heterocycles. The number of hydrogen-bond acceptors (Lipinski definition) is 4. The van der Waals surface area contributed by atoms with Gasteiger partial charge in [0.05, 0.1) is 7.11 Å². The van der Waals surface area contributed by atoms with Crippen LogP contribution < -0.4 is 10.2 Å². The lowest BCUT2D eigenvalue weighted by molar-refractivity contribution is 0.0819. The van der Waals surface area contributed by atoms with Crippen molar-refractivity contribution in [1.29, 1.82) is 0 Å². The zero-order valence-electron chi connectivity index (χ0n) is 12.5. The van der Waals surface area contributed by atoms with E-state index in [1.54, 1.807) is 7.11 Å². The molecular weight excluding hydrogens is 250 g/mol. The van der Waals surface area contributed by atoms with Gasteiger partial charge in [-0.25, -0.2) is 10.4 Å². The van der Waals surface area contributed by atoms with Crippen LogP contribution in [-0.2, 0) is 0 Å². The van der Waals surface area contributed by atoms with Crippen molar-refractivity contribution < 1.29 is 4.74 Å². The summed E-state index contributed by atoms with van der Waals surface area (Å²) >= 11 is 0. The Bertz CT molecular complexity index is 422. The second-order valence-electron chi connectivity index (χ2n) is 6.01. The van der Waals surface area contributed by atoms with Crippen molar-refractivity contribution in [2.75, 3.05) is 40.3 Å². The molecule has 2 aliphatic rings. The van der Waals surface area contributed by atoms with Gasteiger partial charge >= 0.3 is 0 Å². The van der Waals surface area contributed by atoms with Crippen molar-refractivity contribution in [3.63, 3.8) is 0 Å². The van der Waals surface area contributed by atoms with Crippen molar-refractivity contribution in [3.05, 3.63) is 29.8 Å². The SMILES string of the molecule is COc1ccc(C(NN2CCN(C)CC2)C2CC2)cc1. The minimum atomic E-state index is 0.462. The number of methoxy groups -OCH3 is 1. The molecule has 0 aromatic heterocycles. The summed E-state index contributed by atoms with van der Waals surface area (Å²) in [5, 5.41) is 2.40. The van der Waals surface area contributed by atoms with Crippen molar-refractivity contribution in [2.24, 2.45) is 5.92 Å². The minimum absolute atomic E-state index is 0.462. The molecular formula is C16H25N3O. The van der Waals surface area contributed by atoms with Crippen LogP contribution in [0.4, 0.5) is 0 Å². The highest BCUT2D eigenvalue weighted by Crippen LogP contribution is 2.41. The lowest BCUT2D eigenvalue weighted by atomic mass is 10.0. The Morgan fingerprint density at radius 2 is 1.75 bits per heavy atom. The molecule has 1 unspecified atom stereocenters. The normalized spacial score (nSPS) is 22.7. The van der Waals surface area contributed by atoms with E-state index in [4.69, 9.17) is 4.74 Å². The van der Waals surface area contributed by atoms with Crippen LogP contribution in [0.1, 0.15) is 24.4 Å². The van der Waals surface area contributed by atoms with E-state index in [-0.39, 0.29) is 0 Å². The fourth-order valence-electron chi connectivity index (χ4n) is 2.83. The summed E-state index contributed by atoms with van der Waals surface area (Å²) in [7, 11) is 3.91. The van der Waals surface area contributed by atoms with E-state index in [2.05, 4.69) is 46.6 Å². The summed E-state index contributed by atoms with van der Waals surface area (Å²) in [4.78, 5) is 2.39. The first-order chi connectivity index (χ1) is 9.76. The van der Waals surface area contributed by atoms with Crippen LogP contribution in [0.15, 0.2) is 24.3 Å². The van der Waals surface area contributed by atoms with Crippen molar-refractivity contribution in [3.8, 4) is 5.75 Å². The maximum absolute atomic E-state index is 5.25. The molecule has 2 fully saturated rings. The first kappa shape index (κ1) is 13.9. The predicted molar refractivity (Wildman–Crippen MR) is 80.7 cm³/mol. The molecule has 110 valence electrons. The highest BCUT2D eigenvalue weighted by atomic mass is 16.5. The van der Waals surface area contributed by atoms with Gasteiger partial charge in [-0.1, -0.05) is 12.1 Å². The van der Waals surface area contributed by atoms with Gasteiger partial charge in [-0.15, -0.1) is 0 Å². The highest BCUT2D eigenvalue weighted by Gasteiger charge is 2.33. The summed E-state index contributed by atoms with van der Waals surface area (Å²) in [6.45, 7) is 4.51. The number of rotatable bonds is 5. The second-order valence-corrected chi connectivity index (χ2v) is 6.01. The summed E-state index contributed by atoms with van der Waals surface area (Å²) in [6.07, 6.45) is 2.69. The fourth-order valence-corrected chi connectivity index (χ4v) is 2.83. The average Bonchev–Trinajstić information content (AvgIpc) is 3.31. The Morgan fingerprint density at radius 1 is 1.10 bits per heavy atom. The molecule has 1 aromatic rings. The van der Waals surface area contributed by atoms with Gasteiger partial charge in [0.2, 0.25) is 0 Å². The van der Waals surface area contributed by atoms with Gasteiger partial charge in [0, 0.05) is 32.2 Å². The summed E-state index contributed by atoms with van der Waals surface area (Å²) in [5.41, 5.74) is 5.14. The Kier molecular flexibility index (Phi) is 4.24. The van der Waals surface area contributed by atoms with E-state index in [9.17, 15) is 0 Å². The Labute approximate surface area is 121 Å². The molecule has 4 nitrogen and oxygen atoms in total. The zero-order valence-corrected chi connectivity index (χ0v) is 12.5. The topological polar surface area (TPSA) is 27.7 Å². The number of nitrogens with one attached hydrogen (secondary N) is 1. The number of piperazine rings is 1. The van der Waals surface area contributed by atoms with Gasteiger partial charge in [-0.2, -0.15) is 0 Å². The lowest BCUT2D eigenvalue weighted by Crippen LogP contribution is -2.52. The number of nitrogens with zero attached hydrogens (tertiary/aromatic N) is 2. The quantitative estimate of drug-likeness (QED) is 0.888. The van der Waals surface area contributed by atoms with Gasteiger partial charge in [0.15, 0.2) is 0 Å². The first-order valence-electron chi connectivity index (χ1n) is 7.60. The number of likely N-dealkylation sites (N-methyl/N-ethyl adjacent to an activating group) is 1. The van der Waals surface area contributed by atoms with E-state index in [0.717, 1.165) is 37.8 Å². The predicted octanol–water partition coefficient (Wildman–Crippen LogP) is 1.90. The second kappa shape index (κ2) is 6.12. The van der Waals surface area contributed by atoms with Crippen molar-refractivity contribution in [2.45, 2.75) is 18.9 Å². The van der Waals surface area contributed by atoms with Crippen LogP contribution in [0.3, 0.4) is 0 Å². The van der Waals surface area contributed by atoms with E-state index in [1.807, 2.05) is 0 Å². The van der Waals surface area contributed by atoms with Gasteiger partial charge in [-0.05, 0) is 43.5 Å². The van der Waals surface area contributed by atoms with Gasteiger partial charge in [-0.3, -0.25) is 0 Å². The zero-order chi connectivity index (χ0) is 13.9. The van der Waals surface area contributed by atoms with Crippen molar-refractivity contribution >= 4 is 0 Å². The molecule has 20 heavy (non-hydrogen) atoms. The maximum atomic E-state index is 5.25. The molecule has 1 aliphatic heterocycles. The van der Waals surface area contributed by atoms with Crippen molar-refractivity contribution in [1.82, 2.24) is 15.3 Å². The Morgan fingerprint density at radius 3 is 2.30 bits per heavy atom. The Hall–Kier alpha value is -1.10. The van der Waals surface area contributed by atoms with E-state index in [0.29, 0.717) is 6.04 Å². The smallest absolute Gasteiger partial charge is 0.118 e. The summed E-state index contributed by atoms with van der Waals surface area (Å²) in [5.74, 6) is 1.73. The largest absolute Gasteiger partial charge is 0.497 e. The molecule has 1 aromatic carbocycles. The number of hydrazine groups is 1. The molecule has 1 heterocycles. The van der Waals surface area contributed by atoms with E-state index < -0.39 is 0 Å². The highest BCUT2D eigenvalue weighted by molar-refractivity contribution is 5.30. The van der Waals surface area contributed by atoms with Crippen LogP contribution in [0.2, 0.25) is 0 Å². The minimum Gasteiger partial charge on any atom is -0.497 e. The fraction of sp³-hybridized carbons (Fsp3) is 0.625. The summed E-state index contributed by atoms with van der Waals surface area (Å²) < 4.78 is 5.25. The standard InChI is InChI=1S/C16H25N3O/c1-18-9-11-19(12-10-18)17-16(13-3-4-13)14-5-7-15(20-2)8-6-14/h5-8,13,16-17H,3-4,9-12H2,1-2H3. The molecule has 3 rings (SSSR count). The third-order valence-corrected chi connectivity index (χ3v) is 4.39. The molecule has 0 radical (unpaired) electrons. The van der Waals surface area contributed by atoms with Crippen LogP contribution >= 0.6 is 0 Å². The number of hydrogen-bond donors (Lipinski definition) is 1. The first-order valence-corrected chi connectivity index (χ1v) is 7.60. The van der Waals surface area contributed by atoms with E-state index in [1.165, 1.54) is 18.4 Å². The monoisotopic (exact) mass is 275 g/mol.